The van der Waals surface area contributed by atoms with Crippen molar-refractivity contribution in [2.45, 2.75) is 19.9 Å². The molecule has 5 nitrogen and oxygen atoms in total. The number of aromatic nitrogens is 1. The van der Waals surface area contributed by atoms with Crippen LogP contribution in [0.25, 0.3) is 11.1 Å². The fourth-order valence-electron chi connectivity index (χ4n) is 2.97. The van der Waals surface area contributed by atoms with E-state index in [2.05, 4.69) is 4.74 Å². The first-order valence-corrected chi connectivity index (χ1v) is 9.21. The molecule has 1 aromatic heterocycles. The molecule has 0 unspecified atom stereocenters. The lowest BCUT2D eigenvalue weighted by Crippen LogP contribution is -2.22. The van der Waals surface area contributed by atoms with Crippen molar-refractivity contribution in [1.82, 2.24) is 4.57 Å². The summed E-state index contributed by atoms with van der Waals surface area (Å²) in [7, 11) is 0. The van der Waals surface area contributed by atoms with Crippen molar-refractivity contribution in [2.24, 2.45) is 0 Å². The van der Waals surface area contributed by atoms with Gasteiger partial charge in [-0.2, -0.15) is 0 Å². The molecule has 0 radical (unpaired) electrons. The van der Waals surface area contributed by atoms with Gasteiger partial charge in [0.2, 0.25) is 5.78 Å². The minimum Gasteiger partial charge on any atom is -0.460 e. The molecule has 1 heterocycles. The van der Waals surface area contributed by atoms with Crippen LogP contribution in [0.1, 0.15) is 29.4 Å². The summed E-state index contributed by atoms with van der Waals surface area (Å²) in [6.07, 6.45) is 1.24. The van der Waals surface area contributed by atoms with Gasteiger partial charge < -0.3 is 9.30 Å². The molecule has 0 atom stereocenters. The van der Waals surface area contributed by atoms with E-state index in [4.69, 9.17) is 0 Å². The molecule has 0 spiro atoms. The summed E-state index contributed by atoms with van der Waals surface area (Å²) in [5, 5.41) is 0. The third kappa shape index (κ3) is 5.04. The van der Waals surface area contributed by atoms with Crippen molar-refractivity contribution in [2.75, 3.05) is 6.61 Å². The fraction of sp³-hybridized carbons (Fsp3) is 0.174. The van der Waals surface area contributed by atoms with Crippen LogP contribution in [0.15, 0.2) is 66.9 Å². The molecule has 29 heavy (non-hydrogen) atoms. The van der Waals surface area contributed by atoms with Crippen LogP contribution in [0, 0.1) is 5.82 Å². The number of rotatable bonds is 8. The summed E-state index contributed by atoms with van der Waals surface area (Å²) in [6, 6.07) is 17.2. The molecule has 2 aromatic carbocycles. The Morgan fingerprint density at radius 1 is 0.966 bits per heavy atom. The van der Waals surface area contributed by atoms with E-state index in [0.29, 0.717) is 12.2 Å². The molecule has 0 aliphatic rings. The SMILES string of the molecule is CCOC(=O)C(=O)CC(=O)c1cc(-c2ccccc2)cn1Cc1ccc(F)cc1. The topological polar surface area (TPSA) is 65.4 Å². The lowest BCUT2D eigenvalue weighted by Gasteiger charge is -2.08. The summed E-state index contributed by atoms with van der Waals surface area (Å²) in [6.45, 7) is 1.98. The lowest BCUT2D eigenvalue weighted by molar-refractivity contribution is -0.153. The van der Waals surface area contributed by atoms with Crippen LogP contribution in [0.3, 0.4) is 0 Å². The number of esters is 1. The van der Waals surface area contributed by atoms with Gasteiger partial charge in [0, 0.05) is 18.3 Å². The van der Waals surface area contributed by atoms with E-state index in [0.717, 1.165) is 16.7 Å². The Hall–Kier alpha value is -3.54. The molecular weight excluding hydrogens is 373 g/mol. The number of Topliss-reactive ketones (excluding diaryl/α,β-unsaturated/α-hetero) is 2. The summed E-state index contributed by atoms with van der Waals surface area (Å²) < 4.78 is 19.6. The second-order valence-electron chi connectivity index (χ2n) is 6.48. The molecule has 6 heteroatoms. The minimum atomic E-state index is -1.01. The van der Waals surface area contributed by atoms with E-state index >= 15 is 0 Å². The summed E-state index contributed by atoms with van der Waals surface area (Å²) in [5.41, 5.74) is 2.81. The second kappa shape index (κ2) is 9.10. The van der Waals surface area contributed by atoms with Gasteiger partial charge in [-0.25, -0.2) is 9.18 Å². The molecule has 0 aliphatic carbocycles. The van der Waals surface area contributed by atoms with Gasteiger partial charge in [0.15, 0.2) is 5.78 Å². The van der Waals surface area contributed by atoms with Crippen molar-refractivity contribution < 1.29 is 23.5 Å². The summed E-state index contributed by atoms with van der Waals surface area (Å²) in [5.74, 6) is -2.72. The van der Waals surface area contributed by atoms with E-state index < -0.39 is 24.0 Å². The standard InChI is InChI=1S/C23H20FNO4/c1-2-29-23(28)22(27)13-21(26)20-12-18(17-6-4-3-5-7-17)15-25(20)14-16-8-10-19(24)11-9-16/h3-12,15H,2,13-14H2,1H3. The van der Waals surface area contributed by atoms with E-state index in [-0.39, 0.29) is 12.4 Å². The van der Waals surface area contributed by atoms with E-state index in [1.807, 2.05) is 30.3 Å². The van der Waals surface area contributed by atoms with Crippen LogP contribution in [0.5, 0.6) is 0 Å². The summed E-state index contributed by atoms with van der Waals surface area (Å²) in [4.78, 5) is 36.3. The van der Waals surface area contributed by atoms with Crippen LogP contribution in [-0.2, 0) is 20.9 Å². The molecule has 0 N–H and O–H groups in total. The predicted molar refractivity (Wildman–Crippen MR) is 106 cm³/mol. The molecule has 3 rings (SSSR count). The molecule has 0 amide bonds. The second-order valence-corrected chi connectivity index (χ2v) is 6.48. The first kappa shape index (κ1) is 20.2. The highest BCUT2D eigenvalue weighted by molar-refractivity contribution is 6.38. The largest absolute Gasteiger partial charge is 0.460 e. The van der Waals surface area contributed by atoms with Gasteiger partial charge in [0.05, 0.1) is 18.7 Å². The number of ketones is 2. The number of ether oxygens (including phenoxy) is 1. The highest BCUT2D eigenvalue weighted by Crippen LogP contribution is 2.24. The predicted octanol–water partition coefficient (Wildman–Crippen LogP) is 4.05. The Bertz CT molecular complexity index is 1020. The maximum Gasteiger partial charge on any atom is 0.375 e. The molecule has 3 aromatic rings. The van der Waals surface area contributed by atoms with E-state index in [9.17, 15) is 18.8 Å². The van der Waals surface area contributed by atoms with Crippen molar-refractivity contribution in [3.8, 4) is 11.1 Å². The Labute approximate surface area is 167 Å². The lowest BCUT2D eigenvalue weighted by atomic mass is 10.1. The molecule has 0 bridgehead atoms. The van der Waals surface area contributed by atoms with Gasteiger partial charge in [-0.3, -0.25) is 9.59 Å². The normalized spacial score (nSPS) is 10.6. The first-order valence-electron chi connectivity index (χ1n) is 9.21. The van der Waals surface area contributed by atoms with Gasteiger partial charge >= 0.3 is 5.97 Å². The summed E-state index contributed by atoms with van der Waals surface area (Å²) >= 11 is 0. The Morgan fingerprint density at radius 3 is 2.31 bits per heavy atom. The number of hydrogen-bond donors (Lipinski definition) is 0. The van der Waals surface area contributed by atoms with Crippen LogP contribution >= 0.6 is 0 Å². The number of carbonyl (C=O) groups excluding carboxylic acids is 3. The zero-order valence-corrected chi connectivity index (χ0v) is 15.9. The zero-order chi connectivity index (χ0) is 20.8. The fourth-order valence-corrected chi connectivity index (χ4v) is 2.97. The molecule has 0 saturated carbocycles. The van der Waals surface area contributed by atoms with Crippen LogP contribution in [-0.4, -0.2) is 28.7 Å². The number of halogens is 1. The molecule has 148 valence electrons. The van der Waals surface area contributed by atoms with E-state index in [1.54, 1.807) is 35.9 Å². The average Bonchev–Trinajstić information content (AvgIpc) is 3.14. The van der Waals surface area contributed by atoms with Crippen molar-refractivity contribution in [3.05, 3.63) is 83.9 Å². The molecule has 0 fully saturated rings. The van der Waals surface area contributed by atoms with Crippen molar-refractivity contribution in [3.63, 3.8) is 0 Å². The third-order valence-electron chi connectivity index (χ3n) is 4.38. The number of nitrogens with zero attached hydrogens (tertiary/aromatic N) is 1. The first-order chi connectivity index (χ1) is 14.0. The Morgan fingerprint density at radius 2 is 1.66 bits per heavy atom. The van der Waals surface area contributed by atoms with Crippen LogP contribution < -0.4 is 0 Å². The van der Waals surface area contributed by atoms with E-state index in [1.165, 1.54) is 12.1 Å². The van der Waals surface area contributed by atoms with Gasteiger partial charge in [-0.05, 0) is 36.2 Å². The van der Waals surface area contributed by atoms with Crippen molar-refractivity contribution in [1.29, 1.82) is 0 Å². The number of benzene rings is 2. The Balaban J connectivity index is 1.91. The Kier molecular flexibility index (Phi) is 6.34. The van der Waals surface area contributed by atoms with Crippen molar-refractivity contribution >= 4 is 17.5 Å². The zero-order valence-electron chi connectivity index (χ0n) is 15.9. The van der Waals surface area contributed by atoms with Crippen LogP contribution in [0.2, 0.25) is 0 Å². The monoisotopic (exact) mass is 393 g/mol. The molecule has 0 aliphatic heterocycles. The third-order valence-corrected chi connectivity index (χ3v) is 4.38. The van der Waals surface area contributed by atoms with Gasteiger partial charge in [0.25, 0.3) is 0 Å². The average molecular weight is 393 g/mol. The molecular formula is C23H20FNO4. The number of carbonyl (C=O) groups is 3. The smallest absolute Gasteiger partial charge is 0.375 e. The molecule has 0 saturated heterocycles. The number of hydrogen-bond acceptors (Lipinski definition) is 4. The van der Waals surface area contributed by atoms with Gasteiger partial charge in [-0.15, -0.1) is 0 Å². The van der Waals surface area contributed by atoms with Gasteiger partial charge in [-0.1, -0.05) is 42.5 Å². The maximum absolute atomic E-state index is 13.2. The quantitative estimate of drug-likeness (QED) is 0.251. The highest BCUT2D eigenvalue weighted by atomic mass is 19.1. The van der Waals surface area contributed by atoms with Gasteiger partial charge in [0.1, 0.15) is 5.82 Å². The maximum atomic E-state index is 13.2. The van der Waals surface area contributed by atoms with Crippen LogP contribution in [0.4, 0.5) is 4.39 Å². The highest BCUT2D eigenvalue weighted by Gasteiger charge is 2.23. The minimum absolute atomic E-state index is 0.0673.